The van der Waals surface area contributed by atoms with Gasteiger partial charge in [-0.3, -0.25) is 4.79 Å². The van der Waals surface area contributed by atoms with Crippen LogP contribution in [0.4, 0.5) is 27.6 Å². The predicted molar refractivity (Wildman–Crippen MR) is 124 cm³/mol. The molecular weight excluding hydrogens is 509 g/mol. The van der Waals surface area contributed by atoms with Crippen LogP contribution in [0.3, 0.4) is 0 Å². The van der Waals surface area contributed by atoms with Gasteiger partial charge < -0.3 is 10.3 Å². The van der Waals surface area contributed by atoms with E-state index in [2.05, 4.69) is 0 Å². The molecule has 0 saturated carbocycles. The van der Waals surface area contributed by atoms with E-state index in [1.165, 1.54) is 12.1 Å². The van der Waals surface area contributed by atoms with E-state index in [0.29, 0.717) is 33.3 Å². The highest BCUT2D eigenvalue weighted by molar-refractivity contribution is 7.18. The number of alkyl halides is 3. The van der Waals surface area contributed by atoms with Crippen molar-refractivity contribution in [2.24, 2.45) is 0 Å². The van der Waals surface area contributed by atoms with Crippen molar-refractivity contribution in [3.8, 4) is 27.1 Å². The van der Waals surface area contributed by atoms with Crippen LogP contribution in [0.5, 0.6) is 0 Å². The normalized spacial score (nSPS) is 11.5. The van der Waals surface area contributed by atoms with E-state index >= 15 is 0 Å². The number of nitrogen functional groups attached to an aromatic ring is 1. The molecule has 0 aliphatic heterocycles. The fourth-order valence-corrected chi connectivity index (χ4v) is 4.68. The molecule has 0 spiro atoms. The van der Waals surface area contributed by atoms with Gasteiger partial charge in [0, 0.05) is 16.5 Å². The number of thiophene rings is 1. The number of hydrogen-bond acceptors (Lipinski definition) is 4. The Labute approximate surface area is 204 Å². The molecule has 4 aromatic rings. The number of nitrogens with two attached hydrogens (primary N) is 1. The first kappa shape index (κ1) is 24.4. The van der Waals surface area contributed by atoms with E-state index in [-0.39, 0.29) is 16.1 Å². The van der Waals surface area contributed by atoms with Gasteiger partial charge in [0.05, 0.1) is 33.4 Å². The fraction of sp³-hybridized carbons (Fsp3) is 0.0833. The third-order valence-electron chi connectivity index (χ3n) is 5.20. The Morgan fingerprint density at radius 2 is 1.74 bits per heavy atom. The summed E-state index contributed by atoms with van der Waals surface area (Å²) in [7, 11) is 0. The van der Waals surface area contributed by atoms with Gasteiger partial charge in [0.25, 0.3) is 5.56 Å². The summed E-state index contributed by atoms with van der Waals surface area (Å²) in [4.78, 5) is 13.9. The molecule has 0 atom stereocenters. The van der Waals surface area contributed by atoms with Gasteiger partial charge in [-0.25, -0.2) is 8.78 Å². The number of benzene rings is 2. The summed E-state index contributed by atoms with van der Waals surface area (Å²) in [6, 6.07) is 12.6. The molecule has 0 unspecified atom stereocenters. The molecule has 2 aromatic carbocycles. The molecule has 4 nitrogen and oxygen atoms in total. The van der Waals surface area contributed by atoms with Crippen molar-refractivity contribution in [1.29, 1.82) is 5.26 Å². The number of nitrogens with zero attached hydrogens (tertiary/aromatic N) is 2. The maximum atomic E-state index is 14.3. The fourth-order valence-electron chi connectivity index (χ4n) is 3.47. The number of pyridine rings is 1. The maximum absolute atomic E-state index is 14.3. The van der Waals surface area contributed by atoms with Crippen molar-refractivity contribution in [2.75, 3.05) is 5.73 Å². The zero-order chi connectivity index (χ0) is 25.5. The van der Waals surface area contributed by atoms with Crippen molar-refractivity contribution in [1.82, 2.24) is 4.57 Å². The molecule has 11 heteroatoms. The highest BCUT2D eigenvalue weighted by Crippen LogP contribution is 2.39. The predicted octanol–water partition coefficient (Wildman–Crippen LogP) is 6.70. The average molecular weight is 522 g/mol. The van der Waals surface area contributed by atoms with E-state index in [1.807, 2.05) is 0 Å². The summed E-state index contributed by atoms with van der Waals surface area (Å²) >= 11 is 7.13. The summed E-state index contributed by atoms with van der Waals surface area (Å²) in [5.74, 6) is -1.83. The minimum atomic E-state index is -4.98. The first-order chi connectivity index (χ1) is 16.5. The van der Waals surface area contributed by atoms with Crippen LogP contribution < -0.4 is 11.3 Å². The molecule has 178 valence electrons. The Morgan fingerprint density at radius 1 is 1.03 bits per heavy atom. The number of rotatable bonds is 4. The number of aromatic nitrogens is 1. The lowest BCUT2D eigenvalue weighted by Crippen LogP contribution is -2.28. The average Bonchev–Trinajstić information content (AvgIpc) is 3.27. The zero-order valence-electron chi connectivity index (χ0n) is 17.5. The summed E-state index contributed by atoms with van der Waals surface area (Å²) in [5.41, 5.74) is 2.64. The second-order valence-electron chi connectivity index (χ2n) is 7.46. The Hall–Kier alpha value is -3.68. The standard InChI is InChI=1S/C24H13ClF5N3OS/c25-17-7-12(2-4-19(17)32)21-5-6-22(35-21)20-9-16(24(28,29)30)15(10-31)23(34)33(20)11-13-1-3-14(26)8-18(13)27/h1-9H,11,32H2. The van der Waals surface area contributed by atoms with Crippen molar-refractivity contribution >= 4 is 28.6 Å². The van der Waals surface area contributed by atoms with Gasteiger partial charge in [-0.1, -0.05) is 23.7 Å². The lowest BCUT2D eigenvalue weighted by molar-refractivity contribution is -0.137. The minimum Gasteiger partial charge on any atom is -0.398 e. The molecule has 0 amide bonds. The quantitative estimate of drug-likeness (QED) is 0.240. The maximum Gasteiger partial charge on any atom is 0.417 e. The van der Waals surface area contributed by atoms with Crippen molar-refractivity contribution in [3.05, 3.63) is 98.3 Å². The topological polar surface area (TPSA) is 71.8 Å². The van der Waals surface area contributed by atoms with Crippen LogP contribution in [0.25, 0.3) is 21.0 Å². The number of nitriles is 1. The Kier molecular flexibility index (Phi) is 6.40. The molecule has 0 aliphatic carbocycles. The molecule has 0 bridgehead atoms. The van der Waals surface area contributed by atoms with Crippen LogP contribution in [0.2, 0.25) is 5.02 Å². The molecule has 0 fully saturated rings. The Balaban J connectivity index is 1.93. The molecule has 0 aliphatic rings. The highest BCUT2D eigenvalue weighted by Gasteiger charge is 2.36. The number of hydrogen-bond donors (Lipinski definition) is 1. The van der Waals surface area contributed by atoms with Gasteiger partial charge in [0.2, 0.25) is 0 Å². The van der Waals surface area contributed by atoms with Gasteiger partial charge in [-0.05, 0) is 42.0 Å². The summed E-state index contributed by atoms with van der Waals surface area (Å²) in [6.45, 7) is -0.520. The molecule has 0 saturated heterocycles. The zero-order valence-corrected chi connectivity index (χ0v) is 19.0. The first-order valence-corrected chi connectivity index (χ1v) is 11.0. The van der Waals surface area contributed by atoms with Crippen LogP contribution in [-0.2, 0) is 12.7 Å². The van der Waals surface area contributed by atoms with E-state index in [4.69, 9.17) is 17.3 Å². The third kappa shape index (κ3) is 4.78. The monoisotopic (exact) mass is 521 g/mol. The van der Waals surface area contributed by atoms with Crippen LogP contribution >= 0.6 is 22.9 Å². The Bertz CT molecular complexity index is 1550. The number of halogens is 6. The minimum absolute atomic E-state index is 0.138. The van der Waals surface area contributed by atoms with Crippen LogP contribution in [0.15, 0.2) is 59.4 Å². The van der Waals surface area contributed by atoms with Crippen LogP contribution in [0.1, 0.15) is 16.7 Å². The molecule has 35 heavy (non-hydrogen) atoms. The summed E-state index contributed by atoms with van der Waals surface area (Å²) in [6.07, 6.45) is -4.98. The molecule has 2 N–H and O–H groups in total. The SMILES string of the molecule is N#Cc1c(C(F)(F)F)cc(-c2ccc(-c3ccc(N)c(Cl)c3)s2)n(Cc2ccc(F)cc2F)c1=O. The molecule has 2 aromatic heterocycles. The van der Waals surface area contributed by atoms with E-state index < -0.39 is 41.0 Å². The Morgan fingerprint density at radius 3 is 2.37 bits per heavy atom. The van der Waals surface area contributed by atoms with Gasteiger partial charge in [-0.15, -0.1) is 11.3 Å². The number of anilines is 1. The summed E-state index contributed by atoms with van der Waals surface area (Å²) < 4.78 is 69.7. The van der Waals surface area contributed by atoms with Gasteiger partial charge in [0.1, 0.15) is 23.3 Å². The highest BCUT2D eigenvalue weighted by atomic mass is 35.5. The van der Waals surface area contributed by atoms with E-state index in [1.54, 1.807) is 24.3 Å². The first-order valence-electron chi connectivity index (χ1n) is 9.84. The van der Waals surface area contributed by atoms with Gasteiger partial charge in [-0.2, -0.15) is 18.4 Å². The van der Waals surface area contributed by atoms with Crippen LogP contribution in [0, 0.1) is 23.0 Å². The smallest absolute Gasteiger partial charge is 0.398 e. The largest absolute Gasteiger partial charge is 0.417 e. The summed E-state index contributed by atoms with van der Waals surface area (Å²) in [5, 5.41) is 9.59. The lowest BCUT2D eigenvalue weighted by atomic mass is 10.1. The third-order valence-corrected chi connectivity index (χ3v) is 6.69. The van der Waals surface area contributed by atoms with Gasteiger partial charge >= 0.3 is 6.18 Å². The second-order valence-corrected chi connectivity index (χ2v) is 8.95. The lowest BCUT2D eigenvalue weighted by Gasteiger charge is -2.17. The van der Waals surface area contributed by atoms with E-state index in [0.717, 1.165) is 28.0 Å². The van der Waals surface area contributed by atoms with Gasteiger partial charge in [0.15, 0.2) is 0 Å². The molecule has 0 radical (unpaired) electrons. The second kappa shape index (κ2) is 9.17. The molecule has 4 rings (SSSR count). The molecular formula is C24H13ClF5N3OS. The van der Waals surface area contributed by atoms with E-state index in [9.17, 15) is 32.0 Å². The van der Waals surface area contributed by atoms with Crippen molar-refractivity contribution < 1.29 is 22.0 Å². The molecule has 2 heterocycles. The van der Waals surface area contributed by atoms with Crippen LogP contribution in [-0.4, -0.2) is 4.57 Å². The van der Waals surface area contributed by atoms with Crippen molar-refractivity contribution in [2.45, 2.75) is 12.7 Å². The van der Waals surface area contributed by atoms with Crippen molar-refractivity contribution in [3.63, 3.8) is 0 Å².